The molecule has 0 amide bonds. The Kier molecular flexibility index (Phi) is 3.65. The number of rotatable bonds is 4. The van der Waals surface area contributed by atoms with Crippen LogP contribution in [0.15, 0.2) is 18.2 Å². The van der Waals surface area contributed by atoms with Crippen molar-refractivity contribution in [1.29, 1.82) is 0 Å². The predicted molar refractivity (Wildman–Crippen MR) is 69.7 cm³/mol. The van der Waals surface area contributed by atoms with Crippen LogP contribution in [-0.2, 0) is 12.8 Å². The lowest BCUT2D eigenvalue weighted by atomic mass is 9.95. The summed E-state index contributed by atoms with van der Waals surface area (Å²) in [4.78, 5) is 0. The Morgan fingerprint density at radius 3 is 2.62 bits per heavy atom. The minimum Gasteiger partial charge on any atom is -0.313 e. The standard InChI is InChI=1S/C15H23N/c1-11(2)9-15(16-3)14-8-7-12-5-4-6-13(12)10-14/h7-8,10-11,15-16H,4-6,9H2,1-3H3. The van der Waals surface area contributed by atoms with Gasteiger partial charge in [0.2, 0.25) is 0 Å². The molecule has 16 heavy (non-hydrogen) atoms. The Morgan fingerprint density at radius 1 is 1.19 bits per heavy atom. The first-order valence-electron chi connectivity index (χ1n) is 6.49. The first-order valence-corrected chi connectivity index (χ1v) is 6.49. The van der Waals surface area contributed by atoms with Crippen molar-refractivity contribution in [3.63, 3.8) is 0 Å². The van der Waals surface area contributed by atoms with Gasteiger partial charge in [-0.25, -0.2) is 0 Å². The molecular weight excluding hydrogens is 194 g/mol. The van der Waals surface area contributed by atoms with Crippen molar-refractivity contribution in [3.8, 4) is 0 Å². The normalized spacial score (nSPS) is 16.5. The number of benzene rings is 1. The van der Waals surface area contributed by atoms with E-state index in [1.54, 1.807) is 11.1 Å². The van der Waals surface area contributed by atoms with Crippen LogP contribution in [0.3, 0.4) is 0 Å². The van der Waals surface area contributed by atoms with Gasteiger partial charge in [-0.2, -0.15) is 0 Å². The molecule has 1 nitrogen and oxygen atoms in total. The van der Waals surface area contributed by atoms with Crippen LogP contribution in [0.5, 0.6) is 0 Å². The fourth-order valence-electron chi connectivity index (χ4n) is 2.70. The number of hydrogen-bond donors (Lipinski definition) is 1. The van der Waals surface area contributed by atoms with Gasteiger partial charge >= 0.3 is 0 Å². The highest BCUT2D eigenvalue weighted by atomic mass is 14.9. The van der Waals surface area contributed by atoms with Crippen molar-refractivity contribution < 1.29 is 0 Å². The lowest BCUT2D eigenvalue weighted by Gasteiger charge is -2.19. The van der Waals surface area contributed by atoms with Crippen molar-refractivity contribution in [2.75, 3.05) is 7.05 Å². The maximum Gasteiger partial charge on any atom is 0.0320 e. The molecule has 1 aliphatic carbocycles. The Bertz CT molecular complexity index is 354. The molecule has 2 rings (SSSR count). The van der Waals surface area contributed by atoms with Crippen molar-refractivity contribution in [2.45, 2.75) is 45.6 Å². The van der Waals surface area contributed by atoms with Gasteiger partial charge in [0.25, 0.3) is 0 Å². The van der Waals surface area contributed by atoms with Crippen molar-refractivity contribution in [3.05, 3.63) is 34.9 Å². The van der Waals surface area contributed by atoms with Gasteiger partial charge < -0.3 is 5.32 Å². The summed E-state index contributed by atoms with van der Waals surface area (Å²) in [5.41, 5.74) is 4.63. The van der Waals surface area contributed by atoms with E-state index in [1.165, 1.54) is 31.2 Å². The highest BCUT2D eigenvalue weighted by molar-refractivity contribution is 5.36. The number of nitrogens with one attached hydrogen (secondary N) is 1. The Labute approximate surface area is 99.3 Å². The summed E-state index contributed by atoms with van der Waals surface area (Å²) in [6, 6.07) is 7.59. The minimum atomic E-state index is 0.519. The summed E-state index contributed by atoms with van der Waals surface area (Å²) in [6.07, 6.45) is 5.12. The Morgan fingerprint density at radius 2 is 1.94 bits per heavy atom. The zero-order chi connectivity index (χ0) is 11.5. The molecule has 0 fully saturated rings. The third-order valence-corrected chi connectivity index (χ3v) is 3.58. The molecular formula is C15H23N. The zero-order valence-electron chi connectivity index (χ0n) is 10.7. The van der Waals surface area contributed by atoms with Gasteiger partial charge in [-0.15, -0.1) is 0 Å². The molecule has 0 bridgehead atoms. The average molecular weight is 217 g/mol. The van der Waals surface area contributed by atoms with E-state index in [-0.39, 0.29) is 0 Å². The van der Waals surface area contributed by atoms with E-state index in [2.05, 4.69) is 44.4 Å². The second-order valence-electron chi connectivity index (χ2n) is 5.35. The minimum absolute atomic E-state index is 0.519. The summed E-state index contributed by atoms with van der Waals surface area (Å²) in [5, 5.41) is 3.44. The molecule has 1 aromatic rings. The van der Waals surface area contributed by atoms with Gasteiger partial charge in [0.15, 0.2) is 0 Å². The summed E-state index contributed by atoms with van der Waals surface area (Å²) < 4.78 is 0. The van der Waals surface area contributed by atoms with E-state index < -0.39 is 0 Å². The molecule has 1 aliphatic rings. The van der Waals surface area contributed by atoms with Crippen LogP contribution in [0.25, 0.3) is 0 Å². The first-order chi connectivity index (χ1) is 7.70. The SMILES string of the molecule is CNC(CC(C)C)c1ccc2c(c1)CCC2. The van der Waals surface area contributed by atoms with E-state index >= 15 is 0 Å². The average Bonchev–Trinajstić information content (AvgIpc) is 2.72. The summed E-state index contributed by atoms with van der Waals surface area (Å²) in [5.74, 6) is 0.741. The van der Waals surface area contributed by atoms with Gasteiger partial charge in [0.05, 0.1) is 0 Å². The smallest absolute Gasteiger partial charge is 0.0320 e. The summed E-state index contributed by atoms with van der Waals surface area (Å²) in [6.45, 7) is 4.58. The van der Waals surface area contributed by atoms with Crippen molar-refractivity contribution in [2.24, 2.45) is 5.92 Å². The van der Waals surface area contributed by atoms with Crippen LogP contribution in [0.2, 0.25) is 0 Å². The summed E-state index contributed by atoms with van der Waals surface area (Å²) in [7, 11) is 2.07. The lowest BCUT2D eigenvalue weighted by Crippen LogP contribution is -2.18. The summed E-state index contributed by atoms with van der Waals surface area (Å²) >= 11 is 0. The molecule has 0 heterocycles. The van der Waals surface area contributed by atoms with E-state index in [4.69, 9.17) is 0 Å². The monoisotopic (exact) mass is 217 g/mol. The first kappa shape index (κ1) is 11.7. The highest BCUT2D eigenvalue weighted by Gasteiger charge is 2.15. The van der Waals surface area contributed by atoms with E-state index in [1.807, 2.05) is 0 Å². The lowest BCUT2D eigenvalue weighted by molar-refractivity contribution is 0.456. The third kappa shape index (κ3) is 2.46. The number of aryl methyl sites for hydroxylation is 2. The number of fused-ring (bicyclic) bond motifs is 1. The molecule has 1 atom stereocenters. The molecule has 1 N–H and O–H groups in total. The van der Waals surface area contributed by atoms with Crippen molar-refractivity contribution in [1.82, 2.24) is 5.32 Å². The van der Waals surface area contributed by atoms with Crippen molar-refractivity contribution >= 4 is 0 Å². The van der Waals surface area contributed by atoms with Gasteiger partial charge in [-0.05, 0) is 55.3 Å². The molecule has 0 spiro atoms. The molecule has 1 unspecified atom stereocenters. The molecule has 0 saturated heterocycles. The molecule has 1 aromatic carbocycles. The number of hydrogen-bond acceptors (Lipinski definition) is 1. The van der Waals surface area contributed by atoms with Crippen LogP contribution in [-0.4, -0.2) is 7.05 Å². The molecule has 0 radical (unpaired) electrons. The quantitative estimate of drug-likeness (QED) is 0.814. The fraction of sp³-hybridized carbons (Fsp3) is 0.600. The fourth-order valence-corrected chi connectivity index (χ4v) is 2.70. The van der Waals surface area contributed by atoms with Crippen LogP contribution < -0.4 is 5.32 Å². The van der Waals surface area contributed by atoms with Crippen LogP contribution >= 0.6 is 0 Å². The van der Waals surface area contributed by atoms with Crippen LogP contribution in [0.1, 0.15) is 49.4 Å². The van der Waals surface area contributed by atoms with Crippen LogP contribution in [0, 0.1) is 5.92 Å². The topological polar surface area (TPSA) is 12.0 Å². The second-order valence-corrected chi connectivity index (χ2v) is 5.35. The maximum atomic E-state index is 3.44. The van der Waals surface area contributed by atoms with Gasteiger partial charge in [0, 0.05) is 6.04 Å². The van der Waals surface area contributed by atoms with Gasteiger partial charge in [-0.3, -0.25) is 0 Å². The Balaban J connectivity index is 2.18. The molecule has 88 valence electrons. The maximum absolute atomic E-state index is 3.44. The highest BCUT2D eigenvalue weighted by Crippen LogP contribution is 2.27. The molecule has 0 aromatic heterocycles. The van der Waals surface area contributed by atoms with E-state index in [0.29, 0.717) is 6.04 Å². The predicted octanol–water partition coefficient (Wildman–Crippen LogP) is 3.48. The molecule has 1 heteroatoms. The zero-order valence-corrected chi connectivity index (χ0v) is 10.7. The Hall–Kier alpha value is -0.820. The second kappa shape index (κ2) is 5.01. The van der Waals surface area contributed by atoms with E-state index in [9.17, 15) is 0 Å². The van der Waals surface area contributed by atoms with Crippen LogP contribution in [0.4, 0.5) is 0 Å². The molecule has 0 saturated carbocycles. The molecule has 0 aliphatic heterocycles. The van der Waals surface area contributed by atoms with Gasteiger partial charge in [0.1, 0.15) is 0 Å². The van der Waals surface area contributed by atoms with Gasteiger partial charge in [-0.1, -0.05) is 32.0 Å². The largest absolute Gasteiger partial charge is 0.313 e. The third-order valence-electron chi connectivity index (χ3n) is 3.58. The van der Waals surface area contributed by atoms with E-state index in [0.717, 1.165) is 5.92 Å².